The second kappa shape index (κ2) is 5.93. The van der Waals surface area contributed by atoms with Crippen molar-refractivity contribution in [1.82, 2.24) is 4.90 Å². The third-order valence-corrected chi connectivity index (χ3v) is 3.88. The van der Waals surface area contributed by atoms with Crippen LogP contribution in [-0.4, -0.2) is 48.7 Å². The minimum Gasteiger partial charge on any atom is -0.409 e. The van der Waals surface area contributed by atoms with E-state index in [0.29, 0.717) is 6.04 Å². The van der Waals surface area contributed by atoms with E-state index in [2.05, 4.69) is 28.9 Å². The average Bonchev–Trinajstić information content (AvgIpc) is 2.47. The maximum Gasteiger partial charge on any atom is 0.170 e. The summed E-state index contributed by atoms with van der Waals surface area (Å²) >= 11 is 0. The van der Waals surface area contributed by atoms with E-state index in [4.69, 9.17) is 10.9 Å². The highest BCUT2D eigenvalue weighted by atomic mass is 16.4. The molecule has 19 heavy (non-hydrogen) atoms. The molecule has 1 aromatic rings. The molecule has 1 atom stereocenters. The highest BCUT2D eigenvalue weighted by molar-refractivity contribution is 5.97. The van der Waals surface area contributed by atoms with E-state index in [0.717, 1.165) is 31.6 Å². The van der Waals surface area contributed by atoms with Gasteiger partial charge in [0.1, 0.15) is 0 Å². The molecular weight excluding hydrogens is 240 g/mol. The Morgan fingerprint density at radius 2 is 2.05 bits per heavy atom. The normalized spacial score (nSPS) is 21.7. The molecule has 2 rings (SSSR count). The van der Waals surface area contributed by atoms with Crippen molar-refractivity contribution >= 4 is 11.5 Å². The van der Waals surface area contributed by atoms with Crippen LogP contribution in [0.25, 0.3) is 0 Å². The van der Waals surface area contributed by atoms with E-state index in [1.165, 1.54) is 5.69 Å². The van der Waals surface area contributed by atoms with Crippen molar-refractivity contribution in [3.8, 4) is 0 Å². The first-order valence-corrected chi connectivity index (χ1v) is 6.68. The van der Waals surface area contributed by atoms with E-state index in [9.17, 15) is 0 Å². The van der Waals surface area contributed by atoms with E-state index in [1.54, 1.807) is 0 Å². The lowest BCUT2D eigenvalue weighted by atomic mass is 10.1. The number of hydrogen-bond acceptors (Lipinski definition) is 4. The Labute approximate surface area is 114 Å². The molecule has 0 amide bonds. The Hall–Kier alpha value is -1.75. The van der Waals surface area contributed by atoms with E-state index in [-0.39, 0.29) is 5.84 Å². The number of rotatable bonds is 3. The molecule has 1 fully saturated rings. The summed E-state index contributed by atoms with van der Waals surface area (Å²) in [5.74, 6) is 0.149. The summed E-state index contributed by atoms with van der Waals surface area (Å²) in [6.07, 6.45) is 1.16. The van der Waals surface area contributed by atoms with Gasteiger partial charge in [0.25, 0.3) is 0 Å². The maximum absolute atomic E-state index is 8.65. The summed E-state index contributed by atoms with van der Waals surface area (Å²) in [5.41, 5.74) is 7.50. The monoisotopic (exact) mass is 262 g/mol. The fourth-order valence-electron chi connectivity index (χ4n) is 2.52. The van der Waals surface area contributed by atoms with Crippen LogP contribution in [0.3, 0.4) is 0 Å². The minimum absolute atomic E-state index is 0.149. The van der Waals surface area contributed by atoms with Crippen molar-refractivity contribution in [1.29, 1.82) is 0 Å². The van der Waals surface area contributed by atoms with Gasteiger partial charge in [0, 0.05) is 36.9 Å². The number of nitrogens with two attached hydrogens (primary N) is 1. The molecule has 1 aromatic carbocycles. The Kier molecular flexibility index (Phi) is 4.27. The zero-order chi connectivity index (χ0) is 13.8. The van der Waals surface area contributed by atoms with Crippen LogP contribution in [0, 0.1) is 0 Å². The van der Waals surface area contributed by atoms with Crippen LogP contribution in [0.5, 0.6) is 0 Å². The van der Waals surface area contributed by atoms with Crippen LogP contribution in [0.2, 0.25) is 0 Å². The molecule has 1 unspecified atom stereocenters. The molecule has 5 nitrogen and oxygen atoms in total. The Bertz CT molecular complexity index is 443. The number of amidine groups is 1. The second-order valence-corrected chi connectivity index (χ2v) is 5.02. The van der Waals surface area contributed by atoms with Gasteiger partial charge in [-0.1, -0.05) is 12.1 Å². The van der Waals surface area contributed by atoms with Crippen molar-refractivity contribution < 1.29 is 5.21 Å². The smallest absolute Gasteiger partial charge is 0.170 e. The quantitative estimate of drug-likeness (QED) is 0.373. The minimum atomic E-state index is 0.149. The summed E-state index contributed by atoms with van der Waals surface area (Å²) in [6, 6.07) is 8.46. The number of piperazine rings is 1. The highest BCUT2D eigenvalue weighted by Gasteiger charge is 2.22. The Morgan fingerprint density at radius 3 is 2.63 bits per heavy atom. The summed E-state index contributed by atoms with van der Waals surface area (Å²) in [6.45, 7) is 5.40. The molecule has 104 valence electrons. The van der Waals surface area contributed by atoms with E-state index >= 15 is 0 Å². The average molecular weight is 262 g/mol. The molecule has 1 heterocycles. The summed E-state index contributed by atoms with van der Waals surface area (Å²) in [4.78, 5) is 4.81. The number of benzene rings is 1. The van der Waals surface area contributed by atoms with Crippen molar-refractivity contribution in [2.75, 3.05) is 31.6 Å². The molecule has 3 N–H and O–H groups in total. The number of hydrogen-bond donors (Lipinski definition) is 2. The third kappa shape index (κ3) is 2.98. The van der Waals surface area contributed by atoms with Gasteiger partial charge in [0.2, 0.25) is 0 Å². The van der Waals surface area contributed by atoms with Crippen LogP contribution >= 0.6 is 0 Å². The van der Waals surface area contributed by atoms with Crippen LogP contribution < -0.4 is 10.6 Å². The summed E-state index contributed by atoms with van der Waals surface area (Å²) < 4.78 is 0. The van der Waals surface area contributed by atoms with Crippen LogP contribution in [0.4, 0.5) is 5.69 Å². The predicted molar refractivity (Wildman–Crippen MR) is 77.9 cm³/mol. The van der Waals surface area contributed by atoms with Crippen LogP contribution in [-0.2, 0) is 0 Å². The number of anilines is 1. The zero-order valence-corrected chi connectivity index (χ0v) is 11.6. The molecular formula is C14H22N4O. The third-order valence-electron chi connectivity index (χ3n) is 3.88. The standard InChI is InChI=1S/C14H22N4O/c1-3-12-10-18(9-8-17(12)2)13-6-4-11(5-7-13)14(15)16-19/h4-7,12,19H,3,8-10H2,1-2H3,(H2,15,16). The van der Waals surface area contributed by atoms with Gasteiger partial charge >= 0.3 is 0 Å². The van der Waals surface area contributed by atoms with Crippen molar-refractivity contribution in [3.05, 3.63) is 29.8 Å². The first-order chi connectivity index (χ1) is 9.15. The lowest BCUT2D eigenvalue weighted by Gasteiger charge is -2.40. The fourth-order valence-corrected chi connectivity index (χ4v) is 2.52. The molecule has 1 aliphatic heterocycles. The van der Waals surface area contributed by atoms with E-state index < -0.39 is 0 Å². The first-order valence-electron chi connectivity index (χ1n) is 6.68. The molecule has 1 saturated heterocycles. The van der Waals surface area contributed by atoms with Gasteiger partial charge < -0.3 is 15.8 Å². The van der Waals surface area contributed by atoms with E-state index in [1.807, 2.05) is 24.3 Å². The molecule has 0 radical (unpaired) electrons. The molecule has 0 aromatic heterocycles. The molecule has 1 aliphatic rings. The number of oxime groups is 1. The van der Waals surface area contributed by atoms with Crippen LogP contribution in [0.1, 0.15) is 18.9 Å². The molecule has 0 bridgehead atoms. The van der Waals surface area contributed by atoms with Crippen LogP contribution in [0.15, 0.2) is 29.4 Å². The van der Waals surface area contributed by atoms with Gasteiger partial charge in [-0.2, -0.15) is 0 Å². The largest absolute Gasteiger partial charge is 0.409 e. The lowest BCUT2D eigenvalue weighted by Crippen LogP contribution is -2.51. The lowest BCUT2D eigenvalue weighted by molar-refractivity contribution is 0.213. The number of likely N-dealkylation sites (N-methyl/N-ethyl adjacent to an activating group) is 1. The number of nitrogens with zero attached hydrogens (tertiary/aromatic N) is 3. The topological polar surface area (TPSA) is 65.1 Å². The van der Waals surface area contributed by atoms with Gasteiger partial charge in [0.15, 0.2) is 5.84 Å². The Balaban J connectivity index is 2.10. The van der Waals surface area contributed by atoms with Gasteiger partial charge in [-0.25, -0.2) is 0 Å². The SMILES string of the molecule is CCC1CN(c2ccc(C(N)=NO)cc2)CCN1C. The van der Waals surface area contributed by atoms with Gasteiger partial charge in [-0.3, -0.25) is 4.90 Å². The summed E-state index contributed by atoms with van der Waals surface area (Å²) in [7, 11) is 2.19. The van der Waals surface area contributed by atoms with Crippen molar-refractivity contribution in [2.24, 2.45) is 10.9 Å². The van der Waals surface area contributed by atoms with Gasteiger partial charge in [-0.15, -0.1) is 0 Å². The summed E-state index contributed by atoms with van der Waals surface area (Å²) in [5, 5.41) is 11.7. The fraction of sp³-hybridized carbons (Fsp3) is 0.500. The molecule has 0 aliphatic carbocycles. The molecule has 0 saturated carbocycles. The Morgan fingerprint density at radius 1 is 1.37 bits per heavy atom. The van der Waals surface area contributed by atoms with Gasteiger partial charge in [0.05, 0.1) is 0 Å². The predicted octanol–water partition coefficient (Wildman–Crippen LogP) is 1.31. The molecule has 0 spiro atoms. The first kappa shape index (κ1) is 13.7. The zero-order valence-electron chi connectivity index (χ0n) is 11.6. The van der Waals surface area contributed by atoms with Gasteiger partial charge in [-0.05, 0) is 37.7 Å². The van der Waals surface area contributed by atoms with Crippen molar-refractivity contribution in [2.45, 2.75) is 19.4 Å². The maximum atomic E-state index is 8.65. The highest BCUT2D eigenvalue weighted by Crippen LogP contribution is 2.20. The molecule has 5 heteroatoms. The van der Waals surface area contributed by atoms with Crippen molar-refractivity contribution in [3.63, 3.8) is 0 Å². The second-order valence-electron chi connectivity index (χ2n) is 5.02.